The molecule has 0 amide bonds. The predicted molar refractivity (Wildman–Crippen MR) is 60.0 cm³/mol. The van der Waals surface area contributed by atoms with Gasteiger partial charge in [0.1, 0.15) is 12.4 Å². The molecule has 0 aliphatic carbocycles. The Kier molecular flexibility index (Phi) is 7.30. The Bertz CT molecular complexity index is 289. The molecule has 0 bridgehead atoms. The average Bonchev–Trinajstić information content (AvgIpc) is 2.29. The third kappa shape index (κ3) is 4.54. The van der Waals surface area contributed by atoms with E-state index >= 15 is 0 Å². The lowest BCUT2D eigenvalue weighted by Crippen LogP contribution is -1.98. The molecule has 2 N–H and O–H groups in total. The number of terminal acetylenes is 1. The highest BCUT2D eigenvalue weighted by Crippen LogP contribution is 2.12. The van der Waals surface area contributed by atoms with Crippen LogP contribution in [0.1, 0.15) is 19.4 Å². The monoisotopic (exact) mass is 191 g/mol. The largest absolute Gasteiger partial charge is 0.481 e. The Labute approximate surface area is 86.1 Å². The highest BCUT2D eigenvalue weighted by atomic mass is 16.5. The van der Waals surface area contributed by atoms with Crippen LogP contribution >= 0.6 is 0 Å². The second-order valence-corrected chi connectivity index (χ2v) is 2.34. The van der Waals surface area contributed by atoms with Crippen LogP contribution in [-0.2, 0) is 6.54 Å². The minimum Gasteiger partial charge on any atom is -0.481 e. The Hall–Kier alpha value is -1.46. The molecule has 0 radical (unpaired) electrons. The molecule has 2 nitrogen and oxygen atoms in total. The summed E-state index contributed by atoms with van der Waals surface area (Å²) in [5.74, 6) is 3.17. The van der Waals surface area contributed by atoms with Crippen molar-refractivity contribution in [1.82, 2.24) is 0 Å². The van der Waals surface area contributed by atoms with E-state index in [9.17, 15) is 0 Å². The van der Waals surface area contributed by atoms with E-state index in [1.165, 1.54) is 0 Å². The summed E-state index contributed by atoms with van der Waals surface area (Å²) in [4.78, 5) is 0. The van der Waals surface area contributed by atoms with E-state index in [0.717, 1.165) is 11.3 Å². The van der Waals surface area contributed by atoms with Gasteiger partial charge in [-0.2, -0.15) is 0 Å². The summed E-state index contributed by atoms with van der Waals surface area (Å²) in [7, 11) is 0. The van der Waals surface area contributed by atoms with E-state index in [4.69, 9.17) is 16.9 Å². The molecule has 0 aromatic heterocycles. The van der Waals surface area contributed by atoms with E-state index in [1.54, 1.807) is 0 Å². The number of nitrogens with two attached hydrogens (primary N) is 1. The van der Waals surface area contributed by atoms with E-state index in [-0.39, 0.29) is 0 Å². The Morgan fingerprint density at radius 2 is 2.14 bits per heavy atom. The fourth-order valence-electron chi connectivity index (χ4n) is 0.887. The molecule has 0 heterocycles. The van der Waals surface area contributed by atoms with Gasteiger partial charge < -0.3 is 10.5 Å². The lowest BCUT2D eigenvalue weighted by atomic mass is 10.2. The van der Waals surface area contributed by atoms with Crippen molar-refractivity contribution in [3.05, 3.63) is 29.8 Å². The Morgan fingerprint density at radius 1 is 1.43 bits per heavy atom. The topological polar surface area (TPSA) is 35.2 Å². The van der Waals surface area contributed by atoms with Crippen LogP contribution in [0.2, 0.25) is 0 Å². The number of benzene rings is 1. The minimum absolute atomic E-state index is 0.300. The van der Waals surface area contributed by atoms with Crippen LogP contribution in [0.3, 0.4) is 0 Å². The molecule has 0 fully saturated rings. The second kappa shape index (κ2) is 8.15. The van der Waals surface area contributed by atoms with E-state index in [1.807, 2.05) is 38.1 Å². The van der Waals surface area contributed by atoms with Gasteiger partial charge in [-0.25, -0.2) is 0 Å². The summed E-state index contributed by atoms with van der Waals surface area (Å²) in [5, 5.41) is 0. The number of rotatable bonds is 3. The van der Waals surface area contributed by atoms with Gasteiger partial charge in [-0.3, -0.25) is 0 Å². The maximum Gasteiger partial charge on any atom is 0.148 e. The zero-order chi connectivity index (χ0) is 10.8. The van der Waals surface area contributed by atoms with Crippen molar-refractivity contribution in [2.75, 3.05) is 6.61 Å². The lowest BCUT2D eigenvalue weighted by Gasteiger charge is -2.03. The fraction of sp³-hybridized carbons (Fsp3) is 0.333. The van der Waals surface area contributed by atoms with Gasteiger partial charge in [0, 0.05) is 6.54 Å². The Morgan fingerprint density at radius 3 is 2.71 bits per heavy atom. The smallest absolute Gasteiger partial charge is 0.148 e. The molecular formula is C12H17NO. The summed E-state index contributed by atoms with van der Waals surface area (Å²) < 4.78 is 5.21. The first-order valence-corrected chi connectivity index (χ1v) is 4.72. The van der Waals surface area contributed by atoms with Gasteiger partial charge in [-0.15, -0.1) is 6.42 Å². The van der Waals surface area contributed by atoms with Crippen molar-refractivity contribution in [3.8, 4) is 18.1 Å². The van der Waals surface area contributed by atoms with Crippen molar-refractivity contribution in [3.63, 3.8) is 0 Å². The lowest BCUT2D eigenvalue weighted by molar-refractivity contribution is 0.370. The quantitative estimate of drug-likeness (QED) is 0.743. The predicted octanol–water partition coefficient (Wildman–Crippen LogP) is 2.18. The summed E-state index contributed by atoms with van der Waals surface area (Å²) in [6.45, 7) is 4.82. The van der Waals surface area contributed by atoms with Crippen LogP contribution in [0.25, 0.3) is 0 Å². The average molecular weight is 191 g/mol. The van der Waals surface area contributed by atoms with Gasteiger partial charge in [0.2, 0.25) is 0 Å². The van der Waals surface area contributed by atoms with Crippen molar-refractivity contribution in [1.29, 1.82) is 0 Å². The summed E-state index contributed by atoms with van der Waals surface area (Å²) >= 11 is 0. The zero-order valence-electron chi connectivity index (χ0n) is 8.79. The standard InChI is InChI=1S/C10H11NO.C2H6/c1-2-6-12-10-5-3-4-9(7-10)8-11;1-2/h1,3-5,7H,6,8,11H2;1-2H3. The van der Waals surface area contributed by atoms with Crippen LogP contribution in [0.4, 0.5) is 0 Å². The van der Waals surface area contributed by atoms with Gasteiger partial charge in [0.15, 0.2) is 0 Å². The molecule has 1 rings (SSSR count). The summed E-state index contributed by atoms with van der Waals surface area (Å²) in [6, 6.07) is 7.59. The Balaban J connectivity index is 0.000000791. The van der Waals surface area contributed by atoms with E-state index < -0.39 is 0 Å². The number of ether oxygens (including phenoxy) is 1. The molecule has 0 unspecified atom stereocenters. The molecular weight excluding hydrogens is 174 g/mol. The number of hydrogen-bond donors (Lipinski definition) is 1. The highest BCUT2D eigenvalue weighted by molar-refractivity contribution is 5.28. The highest BCUT2D eigenvalue weighted by Gasteiger charge is 1.92. The molecule has 0 spiro atoms. The van der Waals surface area contributed by atoms with E-state index in [0.29, 0.717) is 13.2 Å². The van der Waals surface area contributed by atoms with Crippen LogP contribution in [0.15, 0.2) is 24.3 Å². The third-order valence-electron chi connectivity index (χ3n) is 1.46. The molecule has 76 valence electrons. The molecule has 0 aliphatic heterocycles. The molecule has 0 saturated heterocycles. The molecule has 0 atom stereocenters. The SMILES string of the molecule is C#CCOc1cccc(CN)c1.CC. The van der Waals surface area contributed by atoms with Crippen LogP contribution in [0.5, 0.6) is 5.75 Å². The maximum atomic E-state index is 5.45. The molecule has 1 aromatic rings. The van der Waals surface area contributed by atoms with Crippen molar-refractivity contribution >= 4 is 0 Å². The van der Waals surface area contributed by atoms with Gasteiger partial charge in [-0.1, -0.05) is 31.9 Å². The summed E-state index contributed by atoms with van der Waals surface area (Å²) in [5.41, 5.74) is 6.50. The maximum absolute atomic E-state index is 5.45. The van der Waals surface area contributed by atoms with Crippen molar-refractivity contribution < 1.29 is 4.74 Å². The first-order valence-electron chi connectivity index (χ1n) is 4.72. The fourth-order valence-corrected chi connectivity index (χ4v) is 0.887. The minimum atomic E-state index is 0.300. The van der Waals surface area contributed by atoms with Gasteiger partial charge in [-0.05, 0) is 17.7 Å². The van der Waals surface area contributed by atoms with E-state index in [2.05, 4.69) is 5.92 Å². The first-order chi connectivity index (χ1) is 6.86. The van der Waals surface area contributed by atoms with Crippen LogP contribution in [0, 0.1) is 12.3 Å². The number of hydrogen-bond acceptors (Lipinski definition) is 2. The second-order valence-electron chi connectivity index (χ2n) is 2.34. The van der Waals surface area contributed by atoms with Crippen molar-refractivity contribution in [2.24, 2.45) is 5.73 Å². The summed E-state index contributed by atoms with van der Waals surface area (Å²) in [6.07, 6.45) is 5.05. The first kappa shape index (κ1) is 12.5. The van der Waals surface area contributed by atoms with Crippen LogP contribution < -0.4 is 10.5 Å². The zero-order valence-corrected chi connectivity index (χ0v) is 8.79. The molecule has 2 heteroatoms. The molecule has 1 aromatic carbocycles. The molecule has 0 aliphatic rings. The normalized spacial score (nSPS) is 8.14. The molecule has 0 saturated carbocycles. The van der Waals surface area contributed by atoms with Gasteiger partial charge in [0.05, 0.1) is 0 Å². The van der Waals surface area contributed by atoms with Crippen LogP contribution in [-0.4, -0.2) is 6.61 Å². The van der Waals surface area contributed by atoms with Crippen molar-refractivity contribution in [2.45, 2.75) is 20.4 Å². The third-order valence-corrected chi connectivity index (χ3v) is 1.46. The van der Waals surface area contributed by atoms with Gasteiger partial charge >= 0.3 is 0 Å². The van der Waals surface area contributed by atoms with Gasteiger partial charge in [0.25, 0.3) is 0 Å². The molecule has 14 heavy (non-hydrogen) atoms.